The second-order valence-corrected chi connectivity index (χ2v) is 8.08. The standard InChI is InChI=1S/C18H33N3O.2ClH/c1-21-15-6-5-7-16(21)11-14(10-15)20-17(22)12-18(13-19)8-3-2-4-9-18;;/h14-16H,2-13,19H2,1H3,(H,20,22);2*1H. The molecule has 142 valence electrons. The Morgan fingerprint density at radius 3 is 2.21 bits per heavy atom. The molecule has 0 spiro atoms. The molecule has 1 amide bonds. The van der Waals surface area contributed by atoms with E-state index in [0.717, 1.165) is 25.7 Å². The highest BCUT2D eigenvalue weighted by atomic mass is 35.5. The zero-order valence-electron chi connectivity index (χ0n) is 15.0. The molecule has 24 heavy (non-hydrogen) atoms. The molecule has 3 N–H and O–H groups in total. The van der Waals surface area contributed by atoms with Gasteiger partial charge in [-0.25, -0.2) is 0 Å². The van der Waals surface area contributed by atoms with Crippen LogP contribution in [0, 0.1) is 5.41 Å². The van der Waals surface area contributed by atoms with Crippen molar-refractivity contribution in [1.82, 2.24) is 10.2 Å². The van der Waals surface area contributed by atoms with Crippen LogP contribution in [0.4, 0.5) is 0 Å². The number of nitrogens with two attached hydrogens (primary N) is 1. The fraction of sp³-hybridized carbons (Fsp3) is 0.944. The normalized spacial score (nSPS) is 32.2. The molecule has 1 saturated carbocycles. The number of nitrogens with one attached hydrogen (secondary N) is 1. The number of fused-ring (bicyclic) bond motifs is 2. The van der Waals surface area contributed by atoms with E-state index in [1.807, 2.05) is 0 Å². The van der Waals surface area contributed by atoms with Crippen LogP contribution in [0.15, 0.2) is 0 Å². The van der Waals surface area contributed by atoms with Crippen molar-refractivity contribution in [3.05, 3.63) is 0 Å². The molecule has 2 heterocycles. The molecule has 2 saturated heterocycles. The second-order valence-electron chi connectivity index (χ2n) is 8.08. The molecule has 6 heteroatoms. The van der Waals surface area contributed by atoms with Crippen molar-refractivity contribution in [3.8, 4) is 0 Å². The smallest absolute Gasteiger partial charge is 0.220 e. The lowest BCUT2D eigenvalue weighted by atomic mass is 9.71. The molecule has 3 aliphatic rings. The maximum atomic E-state index is 12.6. The van der Waals surface area contributed by atoms with Crippen molar-refractivity contribution < 1.29 is 4.79 Å². The number of hydrogen-bond donors (Lipinski definition) is 2. The van der Waals surface area contributed by atoms with Crippen LogP contribution in [-0.4, -0.2) is 42.5 Å². The quantitative estimate of drug-likeness (QED) is 0.787. The number of nitrogens with zero attached hydrogens (tertiary/aromatic N) is 1. The molecule has 3 rings (SSSR count). The Morgan fingerprint density at radius 2 is 1.67 bits per heavy atom. The van der Waals surface area contributed by atoms with E-state index in [2.05, 4.69) is 17.3 Å². The maximum absolute atomic E-state index is 12.6. The summed E-state index contributed by atoms with van der Waals surface area (Å²) in [7, 11) is 2.26. The van der Waals surface area contributed by atoms with Gasteiger partial charge in [0.25, 0.3) is 0 Å². The number of hydrogen-bond acceptors (Lipinski definition) is 3. The molecule has 0 aromatic carbocycles. The number of carbonyl (C=O) groups excluding carboxylic acids is 1. The van der Waals surface area contributed by atoms with Crippen LogP contribution in [0.2, 0.25) is 0 Å². The molecule has 1 aliphatic carbocycles. The van der Waals surface area contributed by atoms with E-state index in [1.54, 1.807) is 0 Å². The highest BCUT2D eigenvalue weighted by Crippen LogP contribution is 2.38. The van der Waals surface area contributed by atoms with Crippen LogP contribution in [0.3, 0.4) is 0 Å². The lowest BCUT2D eigenvalue weighted by Gasteiger charge is -2.47. The highest BCUT2D eigenvalue weighted by molar-refractivity contribution is 5.85. The molecule has 2 bridgehead atoms. The molecular formula is C18H35Cl2N3O. The van der Waals surface area contributed by atoms with Crippen molar-refractivity contribution >= 4 is 30.7 Å². The van der Waals surface area contributed by atoms with E-state index >= 15 is 0 Å². The van der Waals surface area contributed by atoms with E-state index in [9.17, 15) is 4.79 Å². The summed E-state index contributed by atoms with van der Waals surface area (Å²) in [6.07, 6.45) is 12.9. The number of halogens is 2. The van der Waals surface area contributed by atoms with Crippen molar-refractivity contribution in [2.45, 2.75) is 88.8 Å². The van der Waals surface area contributed by atoms with Gasteiger partial charge in [0, 0.05) is 24.5 Å². The topological polar surface area (TPSA) is 58.4 Å². The first kappa shape index (κ1) is 22.0. The third-order valence-electron chi connectivity index (χ3n) is 6.59. The summed E-state index contributed by atoms with van der Waals surface area (Å²) in [5.74, 6) is 0.250. The summed E-state index contributed by atoms with van der Waals surface area (Å²) < 4.78 is 0. The van der Waals surface area contributed by atoms with Gasteiger partial charge in [-0.15, -0.1) is 24.8 Å². The molecule has 2 unspecified atom stereocenters. The van der Waals surface area contributed by atoms with E-state index in [0.29, 0.717) is 31.1 Å². The first-order valence-corrected chi connectivity index (χ1v) is 9.33. The molecule has 0 aromatic rings. The zero-order chi connectivity index (χ0) is 15.6. The molecule has 2 atom stereocenters. The summed E-state index contributed by atoms with van der Waals surface area (Å²) in [5, 5.41) is 3.35. The van der Waals surface area contributed by atoms with E-state index in [4.69, 9.17) is 5.73 Å². The van der Waals surface area contributed by atoms with E-state index < -0.39 is 0 Å². The lowest BCUT2D eigenvalue weighted by molar-refractivity contribution is -0.125. The Labute approximate surface area is 159 Å². The fourth-order valence-corrected chi connectivity index (χ4v) is 5.11. The molecule has 0 aromatic heterocycles. The van der Waals surface area contributed by atoms with Crippen molar-refractivity contribution in [2.75, 3.05) is 13.6 Å². The second kappa shape index (κ2) is 9.61. The summed E-state index contributed by atoms with van der Waals surface area (Å²) in [4.78, 5) is 15.1. The molecular weight excluding hydrogens is 345 g/mol. The molecule has 3 fully saturated rings. The highest BCUT2D eigenvalue weighted by Gasteiger charge is 2.38. The van der Waals surface area contributed by atoms with E-state index in [1.165, 1.54) is 38.5 Å². The number of carbonyl (C=O) groups is 1. The van der Waals surface area contributed by atoms with Gasteiger partial charge in [-0.05, 0) is 57.5 Å². The van der Waals surface area contributed by atoms with Crippen LogP contribution in [0.1, 0.15) is 70.6 Å². The largest absolute Gasteiger partial charge is 0.353 e. The minimum absolute atomic E-state index is 0. The average molecular weight is 380 g/mol. The van der Waals surface area contributed by atoms with Crippen molar-refractivity contribution in [2.24, 2.45) is 11.1 Å². The summed E-state index contributed by atoms with van der Waals surface area (Å²) in [5.41, 5.74) is 6.11. The predicted molar refractivity (Wildman–Crippen MR) is 104 cm³/mol. The molecule has 4 nitrogen and oxygen atoms in total. The first-order valence-electron chi connectivity index (χ1n) is 9.33. The number of amides is 1. The Balaban J connectivity index is 0.00000144. The van der Waals surface area contributed by atoms with Crippen molar-refractivity contribution in [3.63, 3.8) is 0 Å². The van der Waals surface area contributed by atoms with Crippen LogP contribution in [0.5, 0.6) is 0 Å². The van der Waals surface area contributed by atoms with E-state index in [-0.39, 0.29) is 36.1 Å². The Morgan fingerprint density at radius 1 is 1.08 bits per heavy atom. The monoisotopic (exact) mass is 379 g/mol. The van der Waals surface area contributed by atoms with Gasteiger partial charge in [0.1, 0.15) is 0 Å². The van der Waals surface area contributed by atoms with Gasteiger partial charge in [0.15, 0.2) is 0 Å². The molecule has 2 aliphatic heterocycles. The summed E-state index contributed by atoms with van der Waals surface area (Å²) in [6, 6.07) is 1.74. The SMILES string of the molecule is CN1C2CCCC1CC(NC(=O)CC1(CN)CCCCC1)C2.Cl.Cl. The first-order chi connectivity index (χ1) is 10.6. The molecule has 0 radical (unpaired) electrons. The van der Waals surface area contributed by atoms with Gasteiger partial charge in [0.05, 0.1) is 0 Å². The Kier molecular flexibility index (Phi) is 8.81. The fourth-order valence-electron chi connectivity index (χ4n) is 5.11. The Bertz CT molecular complexity index is 388. The zero-order valence-corrected chi connectivity index (χ0v) is 16.6. The van der Waals surface area contributed by atoms with Crippen LogP contribution >= 0.6 is 24.8 Å². The van der Waals surface area contributed by atoms with Gasteiger partial charge in [0.2, 0.25) is 5.91 Å². The minimum Gasteiger partial charge on any atom is -0.353 e. The number of piperidine rings is 2. The number of rotatable bonds is 4. The van der Waals surface area contributed by atoms with Crippen LogP contribution < -0.4 is 11.1 Å². The van der Waals surface area contributed by atoms with Gasteiger partial charge in [-0.2, -0.15) is 0 Å². The van der Waals surface area contributed by atoms with Crippen LogP contribution in [0.25, 0.3) is 0 Å². The van der Waals surface area contributed by atoms with Crippen LogP contribution in [-0.2, 0) is 4.79 Å². The summed E-state index contributed by atoms with van der Waals surface area (Å²) in [6.45, 7) is 0.666. The lowest BCUT2D eigenvalue weighted by Crippen LogP contribution is -2.55. The summed E-state index contributed by atoms with van der Waals surface area (Å²) >= 11 is 0. The Hall–Kier alpha value is -0.0300. The third kappa shape index (κ3) is 5.00. The minimum atomic E-state index is 0. The third-order valence-corrected chi connectivity index (χ3v) is 6.59. The van der Waals surface area contributed by atoms with Gasteiger partial charge in [-0.1, -0.05) is 25.7 Å². The average Bonchev–Trinajstić information content (AvgIpc) is 2.49. The van der Waals surface area contributed by atoms with Gasteiger partial charge in [-0.3, -0.25) is 4.79 Å². The van der Waals surface area contributed by atoms with Gasteiger partial charge >= 0.3 is 0 Å². The maximum Gasteiger partial charge on any atom is 0.220 e. The van der Waals surface area contributed by atoms with Gasteiger partial charge < -0.3 is 16.0 Å². The van der Waals surface area contributed by atoms with Crippen molar-refractivity contribution in [1.29, 1.82) is 0 Å². The predicted octanol–water partition coefficient (Wildman–Crippen LogP) is 3.26.